The Morgan fingerprint density at radius 2 is 1.95 bits per heavy atom. The van der Waals surface area contributed by atoms with Crippen LogP contribution in [0.1, 0.15) is 70.2 Å². The van der Waals surface area contributed by atoms with Gasteiger partial charge < -0.3 is 20.3 Å². The van der Waals surface area contributed by atoms with Gasteiger partial charge in [-0.3, -0.25) is 9.59 Å². The summed E-state index contributed by atoms with van der Waals surface area (Å²) in [6.45, 7) is 10.9. The molecule has 8 nitrogen and oxygen atoms in total. The lowest BCUT2D eigenvalue weighted by molar-refractivity contribution is -0.135. The van der Waals surface area contributed by atoms with Gasteiger partial charge in [0.15, 0.2) is 11.4 Å². The van der Waals surface area contributed by atoms with Gasteiger partial charge in [-0.05, 0) is 69.6 Å². The van der Waals surface area contributed by atoms with E-state index in [1.807, 2.05) is 0 Å². The van der Waals surface area contributed by atoms with Crippen molar-refractivity contribution in [2.75, 3.05) is 26.2 Å². The van der Waals surface area contributed by atoms with Crippen molar-refractivity contribution < 1.29 is 14.3 Å². The molecule has 1 unspecified atom stereocenters. The smallest absolute Gasteiger partial charge is 0.263 e. The van der Waals surface area contributed by atoms with E-state index >= 15 is 0 Å². The third-order valence-electron chi connectivity index (χ3n) is 7.22. The maximum Gasteiger partial charge on any atom is 0.263 e. The zero-order valence-electron chi connectivity index (χ0n) is 23.9. The minimum absolute atomic E-state index is 0.0963. The van der Waals surface area contributed by atoms with Crippen LogP contribution in [0.5, 0.6) is 5.75 Å². The molecule has 0 spiro atoms. The molecule has 0 bridgehead atoms. The van der Waals surface area contributed by atoms with E-state index in [1.165, 1.54) is 25.5 Å². The first-order valence-corrected chi connectivity index (χ1v) is 14.8. The number of nitrogens with one attached hydrogen (secondary N) is 2. The first-order valence-electron chi connectivity index (χ1n) is 14.1. The predicted molar refractivity (Wildman–Crippen MR) is 162 cm³/mol. The second kappa shape index (κ2) is 15.4. The number of carbonyl (C=O) groups is 2. The number of nitrogens with zero attached hydrogens (tertiary/aromatic N) is 3. The van der Waals surface area contributed by atoms with Crippen molar-refractivity contribution in [2.24, 2.45) is 10.9 Å². The first kappa shape index (κ1) is 31.8. The van der Waals surface area contributed by atoms with Gasteiger partial charge in [0.1, 0.15) is 5.75 Å². The Hall–Kier alpha value is -2.68. The van der Waals surface area contributed by atoms with Crippen molar-refractivity contribution in [3.05, 3.63) is 52.1 Å². The number of aromatic nitrogens is 1. The number of benzene rings is 1. The summed E-state index contributed by atoms with van der Waals surface area (Å²) in [5, 5.41) is 6.93. The van der Waals surface area contributed by atoms with Gasteiger partial charge in [0, 0.05) is 43.0 Å². The predicted octanol–water partition coefficient (Wildman–Crippen LogP) is 6.09. The van der Waals surface area contributed by atoms with Crippen molar-refractivity contribution in [3.8, 4) is 5.75 Å². The fourth-order valence-electron chi connectivity index (χ4n) is 4.42. The van der Waals surface area contributed by atoms with Gasteiger partial charge >= 0.3 is 0 Å². The van der Waals surface area contributed by atoms with Crippen molar-refractivity contribution in [1.29, 1.82) is 0 Å². The van der Waals surface area contributed by atoms with Crippen LogP contribution < -0.4 is 15.4 Å². The molecule has 1 aliphatic rings. The van der Waals surface area contributed by atoms with E-state index in [-0.39, 0.29) is 17.9 Å². The third kappa shape index (κ3) is 9.75. The summed E-state index contributed by atoms with van der Waals surface area (Å²) in [6.07, 6.45) is 8.30. The van der Waals surface area contributed by atoms with Crippen LogP contribution in [-0.2, 0) is 4.79 Å². The van der Waals surface area contributed by atoms with Gasteiger partial charge in [-0.25, -0.2) is 9.98 Å². The van der Waals surface area contributed by atoms with Crippen molar-refractivity contribution >= 4 is 47.0 Å². The minimum Gasteiger partial charge on any atom is -0.476 e. The number of rotatable bonds is 15. The van der Waals surface area contributed by atoms with Crippen molar-refractivity contribution in [1.82, 2.24) is 20.5 Å². The van der Waals surface area contributed by atoms with Gasteiger partial charge in [-0.1, -0.05) is 56.3 Å². The molecule has 3 rings (SSSR count). The van der Waals surface area contributed by atoms with Crippen LogP contribution in [0.15, 0.2) is 41.5 Å². The largest absolute Gasteiger partial charge is 0.476 e. The zero-order chi connectivity index (χ0) is 29.1. The SMILES string of the molecule is CCN(CC)CCNC(=O)c1ccc(N=CCC(CC2CCC2)NC(=O)C(C)(C)Oc2ccc(Cl)cc2Cl)nc1. The lowest BCUT2D eigenvalue weighted by atomic mass is 9.80. The number of ether oxygens (including phenoxy) is 1. The summed E-state index contributed by atoms with van der Waals surface area (Å²) in [5.41, 5.74) is -0.646. The van der Waals surface area contributed by atoms with Crippen LogP contribution in [0.2, 0.25) is 10.0 Å². The van der Waals surface area contributed by atoms with E-state index in [0.29, 0.717) is 46.1 Å². The summed E-state index contributed by atoms with van der Waals surface area (Å²) >= 11 is 12.2. The number of amides is 2. The summed E-state index contributed by atoms with van der Waals surface area (Å²) in [5.74, 6) is 1.12. The van der Waals surface area contributed by atoms with E-state index in [1.54, 1.807) is 50.4 Å². The molecule has 2 N–H and O–H groups in total. The van der Waals surface area contributed by atoms with Crippen molar-refractivity contribution in [2.45, 2.75) is 71.4 Å². The maximum atomic E-state index is 13.2. The Kier molecular flexibility index (Phi) is 12.2. The van der Waals surface area contributed by atoms with Crippen LogP contribution >= 0.6 is 23.2 Å². The normalized spacial score (nSPS) is 14.7. The van der Waals surface area contributed by atoms with E-state index in [9.17, 15) is 9.59 Å². The van der Waals surface area contributed by atoms with Gasteiger partial charge in [0.25, 0.3) is 11.8 Å². The number of pyridine rings is 1. The van der Waals surface area contributed by atoms with Crippen LogP contribution in [0.3, 0.4) is 0 Å². The molecule has 1 aromatic heterocycles. The number of aliphatic imine (C=N–C) groups is 1. The minimum atomic E-state index is -1.14. The maximum absolute atomic E-state index is 13.2. The molecule has 0 aliphatic heterocycles. The van der Waals surface area contributed by atoms with E-state index in [4.69, 9.17) is 27.9 Å². The van der Waals surface area contributed by atoms with E-state index in [2.05, 4.69) is 39.4 Å². The molecule has 1 saturated carbocycles. The van der Waals surface area contributed by atoms with E-state index in [0.717, 1.165) is 26.1 Å². The van der Waals surface area contributed by atoms with Crippen LogP contribution in [0.25, 0.3) is 0 Å². The monoisotopic (exact) mass is 589 g/mol. The molecule has 218 valence electrons. The van der Waals surface area contributed by atoms with Crippen LogP contribution in [-0.4, -0.2) is 65.7 Å². The Bertz CT molecular complexity index is 1150. The molecule has 0 radical (unpaired) electrons. The molecule has 0 saturated heterocycles. The van der Waals surface area contributed by atoms with Gasteiger partial charge in [-0.2, -0.15) is 0 Å². The number of halogens is 2. The first-order chi connectivity index (χ1) is 19.1. The lowest BCUT2D eigenvalue weighted by Crippen LogP contribution is -2.50. The molecule has 1 heterocycles. The lowest BCUT2D eigenvalue weighted by Gasteiger charge is -2.32. The highest BCUT2D eigenvalue weighted by Gasteiger charge is 2.33. The quantitative estimate of drug-likeness (QED) is 0.245. The molecule has 40 heavy (non-hydrogen) atoms. The molecule has 1 aliphatic carbocycles. The fraction of sp³-hybridized carbons (Fsp3) is 0.533. The number of hydrogen-bond donors (Lipinski definition) is 2. The standard InChI is InChI=1S/C30H41Cl2N5O3/c1-5-37(6-2)17-16-34-28(38)22-10-13-27(35-20-22)33-15-14-24(18-21-8-7-9-21)36-29(39)30(3,4)40-26-12-11-23(31)19-25(26)32/h10-13,15,19-21,24H,5-9,14,16-18H2,1-4H3,(H,34,38)(H,36,39). The van der Waals surface area contributed by atoms with Gasteiger partial charge in [-0.15, -0.1) is 0 Å². The van der Waals surface area contributed by atoms with Gasteiger partial charge in [0.05, 0.1) is 10.6 Å². The zero-order valence-corrected chi connectivity index (χ0v) is 25.4. The summed E-state index contributed by atoms with van der Waals surface area (Å²) < 4.78 is 5.97. The highest BCUT2D eigenvalue weighted by atomic mass is 35.5. The molecule has 1 fully saturated rings. The highest BCUT2D eigenvalue weighted by Crippen LogP contribution is 2.32. The number of likely N-dealkylation sites (N-methyl/N-ethyl adjacent to an activating group) is 1. The van der Waals surface area contributed by atoms with Crippen LogP contribution in [0, 0.1) is 5.92 Å². The Morgan fingerprint density at radius 1 is 1.20 bits per heavy atom. The molecule has 10 heteroatoms. The Morgan fingerprint density at radius 3 is 2.55 bits per heavy atom. The van der Waals surface area contributed by atoms with Gasteiger partial charge in [0.2, 0.25) is 0 Å². The number of carbonyl (C=O) groups excluding carboxylic acids is 2. The van der Waals surface area contributed by atoms with Crippen LogP contribution in [0.4, 0.5) is 5.82 Å². The average molecular weight is 591 g/mol. The Labute approximate surface area is 247 Å². The summed E-state index contributed by atoms with van der Waals surface area (Å²) in [7, 11) is 0. The number of hydrogen-bond acceptors (Lipinski definition) is 6. The topological polar surface area (TPSA) is 95.9 Å². The summed E-state index contributed by atoms with van der Waals surface area (Å²) in [6, 6.07) is 8.27. The van der Waals surface area contributed by atoms with E-state index < -0.39 is 5.60 Å². The molecule has 1 atom stereocenters. The molecule has 1 aromatic carbocycles. The molecular formula is C30H41Cl2N5O3. The van der Waals surface area contributed by atoms with Crippen molar-refractivity contribution in [3.63, 3.8) is 0 Å². The second-order valence-corrected chi connectivity index (χ2v) is 11.5. The third-order valence-corrected chi connectivity index (χ3v) is 7.75. The highest BCUT2D eigenvalue weighted by molar-refractivity contribution is 6.35. The second-order valence-electron chi connectivity index (χ2n) is 10.6. The Balaban J connectivity index is 1.56. The molecule has 2 aromatic rings. The summed E-state index contributed by atoms with van der Waals surface area (Å²) in [4.78, 5) is 36.7. The fourth-order valence-corrected chi connectivity index (χ4v) is 4.87. The molecular weight excluding hydrogens is 549 g/mol. The molecule has 2 amide bonds. The average Bonchev–Trinajstić information content (AvgIpc) is 2.90.